The van der Waals surface area contributed by atoms with Crippen LogP contribution in [-0.2, 0) is 5.60 Å². The van der Waals surface area contributed by atoms with Crippen LogP contribution in [0, 0.1) is 6.92 Å². The van der Waals surface area contributed by atoms with Gasteiger partial charge in [-0.05, 0) is 32.9 Å². The van der Waals surface area contributed by atoms with Crippen molar-refractivity contribution in [2.75, 3.05) is 0 Å². The van der Waals surface area contributed by atoms with Crippen LogP contribution in [0.4, 0.5) is 0 Å². The van der Waals surface area contributed by atoms with Gasteiger partial charge >= 0.3 is 0 Å². The Labute approximate surface area is 106 Å². The number of benzene rings is 1. The Bertz CT molecular complexity index is 541. The van der Waals surface area contributed by atoms with E-state index in [4.69, 9.17) is 11.6 Å². The van der Waals surface area contributed by atoms with Crippen LogP contribution in [0.2, 0.25) is 5.02 Å². The van der Waals surface area contributed by atoms with Gasteiger partial charge in [-0.25, -0.2) is 4.68 Å². The van der Waals surface area contributed by atoms with Crippen molar-refractivity contribution in [3.63, 3.8) is 0 Å². The molecule has 0 bridgehead atoms. The maximum Gasteiger partial charge on any atom is 0.0873 e. The SMILES string of the molecule is Cc1c(C(C)(C)O)cnn1-c1ccccc1Cl. The molecule has 2 aromatic rings. The number of halogens is 1. The monoisotopic (exact) mass is 250 g/mol. The number of rotatable bonds is 2. The first-order valence-corrected chi connectivity index (χ1v) is 5.81. The molecule has 4 heteroatoms. The summed E-state index contributed by atoms with van der Waals surface area (Å²) >= 11 is 6.13. The summed E-state index contributed by atoms with van der Waals surface area (Å²) in [4.78, 5) is 0. The van der Waals surface area contributed by atoms with E-state index in [0.717, 1.165) is 16.9 Å². The van der Waals surface area contributed by atoms with Gasteiger partial charge < -0.3 is 5.11 Å². The van der Waals surface area contributed by atoms with Gasteiger partial charge in [-0.2, -0.15) is 5.10 Å². The van der Waals surface area contributed by atoms with Crippen molar-refractivity contribution in [1.29, 1.82) is 0 Å². The van der Waals surface area contributed by atoms with Crippen LogP contribution in [0.25, 0.3) is 5.69 Å². The van der Waals surface area contributed by atoms with Crippen molar-refractivity contribution in [1.82, 2.24) is 9.78 Å². The molecule has 0 saturated heterocycles. The number of para-hydroxylation sites is 1. The lowest BCUT2D eigenvalue weighted by Gasteiger charge is -2.17. The van der Waals surface area contributed by atoms with Gasteiger partial charge in [0, 0.05) is 11.3 Å². The lowest BCUT2D eigenvalue weighted by atomic mass is 10.00. The van der Waals surface area contributed by atoms with Crippen LogP contribution in [0.5, 0.6) is 0 Å². The van der Waals surface area contributed by atoms with Crippen LogP contribution in [0.15, 0.2) is 30.5 Å². The molecule has 0 saturated carbocycles. The second kappa shape index (κ2) is 4.17. The zero-order valence-electron chi connectivity index (χ0n) is 10.1. The molecule has 90 valence electrons. The molecule has 1 aromatic carbocycles. The quantitative estimate of drug-likeness (QED) is 0.890. The second-order valence-corrected chi connectivity index (χ2v) is 4.97. The van der Waals surface area contributed by atoms with Crippen LogP contribution >= 0.6 is 11.6 Å². The van der Waals surface area contributed by atoms with E-state index in [1.165, 1.54) is 0 Å². The second-order valence-electron chi connectivity index (χ2n) is 4.57. The Morgan fingerprint density at radius 3 is 2.47 bits per heavy atom. The van der Waals surface area contributed by atoms with Crippen molar-refractivity contribution >= 4 is 11.6 Å². The summed E-state index contributed by atoms with van der Waals surface area (Å²) in [7, 11) is 0. The minimum atomic E-state index is -0.899. The highest BCUT2D eigenvalue weighted by Gasteiger charge is 2.22. The molecule has 0 aliphatic rings. The molecule has 1 aromatic heterocycles. The standard InChI is InChI=1S/C13H15ClN2O/c1-9-10(13(2,3)17)8-15-16(9)12-7-5-4-6-11(12)14/h4-8,17H,1-3H3. The number of aromatic nitrogens is 2. The highest BCUT2D eigenvalue weighted by molar-refractivity contribution is 6.32. The molecule has 0 radical (unpaired) electrons. The molecule has 0 aliphatic heterocycles. The summed E-state index contributed by atoms with van der Waals surface area (Å²) in [6.45, 7) is 5.41. The van der Waals surface area contributed by atoms with Gasteiger partial charge in [0.25, 0.3) is 0 Å². The lowest BCUT2D eigenvalue weighted by Crippen LogP contribution is -2.16. The van der Waals surface area contributed by atoms with E-state index < -0.39 is 5.60 Å². The first kappa shape index (κ1) is 12.1. The molecular weight excluding hydrogens is 236 g/mol. The minimum Gasteiger partial charge on any atom is -0.386 e. The van der Waals surface area contributed by atoms with Gasteiger partial charge in [0.15, 0.2) is 0 Å². The normalized spacial score (nSPS) is 11.8. The van der Waals surface area contributed by atoms with Crippen LogP contribution in [0.1, 0.15) is 25.1 Å². The average Bonchev–Trinajstić information content (AvgIpc) is 2.60. The van der Waals surface area contributed by atoms with Crippen molar-refractivity contribution in [3.05, 3.63) is 46.7 Å². The summed E-state index contributed by atoms with van der Waals surface area (Å²) in [6.07, 6.45) is 1.68. The lowest BCUT2D eigenvalue weighted by molar-refractivity contribution is 0.0779. The molecule has 2 rings (SSSR count). The Balaban J connectivity index is 2.56. The minimum absolute atomic E-state index is 0.640. The Hall–Kier alpha value is -1.32. The van der Waals surface area contributed by atoms with Gasteiger partial charge in [-0.1, -0.05) is 23.7 Å². The van der Waals surface area contributed by atoms with Crippen molar-refractivity contribution in [2.24, 2.45) is 0 Å². The summed E-state index contributed by atoms with van der Waals surface area (Å²) in [5.41, 5.74) is 1.62. The predicted octanol–water partition coefficient (Wildman–Crippen LogP) is 3.06. The average molecular weight is 251 g/mol. The first-order chi connectivity index (χ1) is 7.91. The number of aliphatic hydroxyl groups is 1. The summed E-state index contributed by atoms with van der Waals surface area (Å²) in [6, 6.07) is 7.51. The number of hydrogen-bond donors (Lipinski definition) is 1. The third kappa shape index (κ3) is 2.21. The fraction of sp³-hybridized carbons (Fsp3) is 0.308. The van der Waals surface area contributed by atoms with Crippen LogP contribution < -0.4 is 0 Å². The third-order valence-electron chi connectivity index (χ3n) is 2.75. The topological polar surface area (TPSA) is 38.1 Å². The molecule has 0 atom stereocenters. The van der Waals surface area contributed by atoms with E-state index in [9.17, 15) is 5.11 Å². The molecule has 0 amide bonds. The predicted molar refractivity (Wildman–Crippen MR) is 68.6 cm³/mol. The highest BCUT2D eigenvalue weighted by Crippen LogP contribution is 2.27. The molecule has 17 heavy (non-hydrogen) atoms. The van der Waals surface area contributed by atoms with Crippen LogP contribution in [-0.4, -0.2) is 14.9 Å². The molecule has 3 nitrogen and oxygen atoms in total. The van der Waals surface area contributed by atoms with Crippen molar-refractivity contribution in [3.8, 4) is 5.69 Å². The zero-order chi connectivity index (χ0) is 12.6. The maximum atomic E-state index is 10.0. The molecule has 0 spiro atoms. The maximum absolute atomic E-state index is 10.0. The number of nitrogens with zero attached hydrogens (tertiary/aromatic N) is 2. The molecule has 0 unspecified atom stereocenters. The smallest absolute Gasteiger partial charge is 0.0873 e. The fourth-order valence-electron chi connectivity index (χ4n) is 1.88. The zero-order valence-corrected chi connectivity index (χ0v) is 10.9. The summed E-state index contributed by atoms with van der Waals surface area (Å²) in [5.74, 6) is 0. The molecular formula is C13H15ClN2O. The first-order valence-electron chi connectivity index (χ1n) is 5.43. The van der Waals surface area contributed by atoms with E-state index in [1.807, 2.05) is 31.2 Å². The Kier molecular flexibility index (Phi) is 2.98. The van der Waals surface area contributed by atoms with Crippen LogP contribution in [0.3, 0.4) is 0 Å². The van der Waals surface area contributed by atoms with E-state index >= 15 is 0 Å². The van der Waals surface area contributed by atoms with E-state index in [2.05, 4.69) is 5.10 Å². The third-order valence-corrected chi connectivity index (χ3v) is 3.07. The summed E-state index contributed by atoms with van der Waals surface area (Å²) < 4.78 is 1.75. The Morgan fingerprint density at radius 1 is 1.29 bits per heavy atom. The van der Waals surface area contributed by atoms with Gasteiger partial charge in [0.2, 0.25) is 0 Å². The Morgan fingerprint density at radius 2 is 1.94 bits per heavy atom. The van der Waals surface area contributed by atoms with Crippen molar-refractivity contribution in [2.45, 2.75) is 26.4 Å². The summed E-state index contributed by atoms with van der Waals surface area (Å²) in [5, 5.41) is 14.9. The number of hydrogen-bond acceptors (Lipinski definition) is 2. The molecule has 1 heterocycles. The van der Waals surface area contributed by atoms with Gasteiger partial charge in [-0.15, -0.1) is 0 Å². The van der Waals surface area contributed by atoms with Crippen molar-refractivity contribution < 1.29 is 5.11 Å². The van der Waals surface area contributed by atoms with Gasteiger partial charge in [0.05, 0.1) is 22.5 Å². The molecule has 0 aliphatic carbocycles. The molecule has 1 N–H and O–H groups in total. The van der Waals surface area contributed by atoms with E-state index in [0.29, 0.717) is 5.02 Å². The largest absolute Gasteiger partial charge is 0.386 e. The molecule has 0 fully saturated rings. The van der Waals surface area contributed by atoms with Gasteiger partial charge in [0.1, 0.15) is 0 Å². The highest BCUT2D eigenvalue weighted by atomic mass is 35.5. The fourth-order valence-corrected chi connectivity index (χ4v) is 2.09. The van der Waals surface area contributed by atoms with E-state index in [-0.39, 0.29) is 0 Å². The van der Waals surface area contributed by atoms with Gasteiger partial charge in [-0.3, -0.25) is 0 Å². The van der Waals surface area contributed by atoms with E-state index in [1.54, 1.807) is 24.7 Å².